The van der Waals surface area contributed by atoms with Gasteiger partial charge < -0.3 is 10.1 Å². The van der Waals surface area contributed by atoms with Crippen LogP contribution in [-0.4, -0.2) is 16.1 Å². The number of hydrogen-bond donors (Lipinski definition) is 2. The molecule has 3 nitrogen and oxygen atoms in total. The molecule has 1 heterocycles. The van der Waals surface area contributed by atoms with Crippen molar-refractivity contribution in [3.8, 4) is 0 Å². The topological polar surface area (TPSA) is 53.1 Å². The first-order chi connectivity index (χ1) is 5.11. The third kappa shape index (κ3) is 1.61. The summed E-state index contributed by atoms with van der Waals surface area (Å²) in [6.07, 6.45) is 0. The molecule has 0 atom stereocenters. The minimum Gasteiger partial charge on any atom is -0.477 e. The lowest BCUT2D eigenvalue weighted by Crippen LogP contribution is -1.97. The molecule has 0 aliphatic carbocycles. The zero-order valence-corrected chi connectivity index (χ0v) is 6.59. The first-order valence-electron chi connectivity index (χ1n) is 3.53. The average molecular weight is 153 g/mol. The Balaban J connectivity index is 2.90. The standard InChI is InChI=1S/C8H11NO2/c1-5(2)6-3-4-7(9-6)8(10)11/h3-5,9H,1-2H3,(H,10,11). The van der Waals surface area contributed by atoms with Gasteiger partial charge in [-0.1, -0.05) is 13.8 Å². The molecule has 0 saturated carbocycles. The average Bonchev–Trinajstić information content (AvgIpc) is 2.33. The van der Waals surface area contributed by atoms with E-state index in [4.69, 9.17) is 5.11 Å². The molecule has 0 spiro atoms. The minimum atomic E-state index is -0.906. The number of carboxylic acids is 1. The Labute approximate surface area is 65.1 Å². The van der Waals surface area contributed by atoms with E-state index < -0.39 is 5.97 Å². The number of H-pyrrole nitrogens is 1. The van der Waals surface area contributed by atoms with Crippen LogP contribution in [0, 0.1) is 0 Å². The van der Waals surface area contributed by atoms with Crippen LogP contribution in [0.4, 0.5) is 0 Å². The number of aromatic carboxylic acids is 1. The number of carbonyl (C=O) groups is 1. The number of rotatable bonds is 2. The van der Waals surface area contributed by atoms with E-state index in [0.717, 1.165) is 5.69 Å². The summed E-state index contributed by atoms with van der Waals surface area (Å²) in [5, 5.41) is 8.55. The van der Waals surface area contributed by atoms with E-state index in [1.54, 1.807) is 12.1 Å². The van der Waals surface area contributed by atoms with Crippen molar-refractivity contribution in [1.82, 2.24) is 4.98 Å². The molecule has 0 saturated heterocycles. The number of aromatic amines is 1. The van der Waals surface area contributed by atoms with Crippen molar-refractivity contribution in [2.45, 2.75) is 19.8 Å². The van der Waals surface area contributed by atoms with E-state index >= 15 is 0 Å². The quantitative estimate of drug-likeness (QED) is 0.681. The molecule has 3 heteroatoms. The van der Waals surface area contributed by atoms with Gasteiger partial charge in [0.1, 0.15) is 5.69 Å². The predicted octanol–water partition coefficient (Wildman–Crippen LogP) is 1.84. The lowest BCUT2D eigenvalue weighted by molar-refractivity contribution is 0.0691. The molecule has 0 aliphatic heterocycles. The highest BCUT2D eigenvalue weighted by molar-refractivity contribution is 5.85. The van der Waals surface area contributed by atoms with E-state index in [1.807, 2.05) is 13.8 Å². The number of hydrogen-bond acceptors (Lipinski definition) is 1. The summed E-state index contributed by atoms with van der Waals surface area (Å²) < 4.78 is 0. The van der Waals surface area contributed by atoms with Crippen LogP contribution < -0.4 is 0 Å². The van der Waals surface area contributed by atoms with Crippen molar-refractivity contribution in [2.75, 3.05) is 0 Å². The molecule has 11 heavy (non-hydrogen) atoms. The molecule has 60 valence electrons. The Bertz CT molecular complexity index is 263. The summed E-state index contributed by atoms with van der Waals surface area (Å²) in [6.45, 7) is 4.02. The Morgan fingerprint density at radius 1 is 1.55 bits per heavy atom. The van der Waals surface area contributed by atoms with Gasteiger partial charge in [0.15, 0.2) is 0 Å². The van der Waals surface area contributed by atoms with Gasteiger partial charge in [-0.05, 0) is 18.1 Å². The van der Waals surface area contributed by atoms with Gasteiger partial charge in [-0.25, -0.2) is 4.79 Å². The van der Waals surface area contributed by atoms with Gasteiger partial charge in [0.2, 0.25) is 0 Å². The molecule has 1 rings (SSSR count). The van der Waals surface area contributed by atoms with Gasteiger partial charge in [0, 0.05) is 5.69 Å². The highest BCUT2D eigenvalue weighted by Crippen LogP contribution is 2.12. The Kier molecular flexibility index (Phi) is 1.98. The molecule has 0 amide bonds. The summed E-state index contributed by atoms with van der Waals surface area (Å²) in [6, 6.07) is 3.38. The van der Waals surface area contributed by atoms with Gasteiger partial charge >= 0.3 is 5.97 Å². The van der Waals surface area contributed by atoms with Gasteiger partial charge in [0.25, 0.3) is 0 Å². The maximum Gasteiger partial charge on any atom is 0.352 e. The van der Waals surface area contributed by atoms with Gasteiger partial charge in [0.05, 0.1) is 0 Å². The Morgan fingerprint density at radius 2 is 2.18 bits per heavy atom. The van der Waals surface area contributed by atoms with Crippen molar-refractivity contribution in [1.29, 1.82) is 0 Å². The smallest absolute Gasteiger partial charge is 0.352 e. The lowest BCUT2D eigenvalue weighted by atomic mass is 10.1. The summed E-state index contributed by atoms with van der Waals surface area (Å²) >= 11 is 0. The van der Waals surface area contributed by atoms with Crippen molar-refractivity contribution in [3.63, 3.8) is 0 Å². The monoisotopic (exact) mass is 153 g/mol. The van der Waals surface area contributed by atoms with Crippen LogP contribution in [0.25, 0.3) is 0 Å². The maximum absolute atomic E-state index is 10.4. The van der Waals surface area contributed by atoms with Crippen LogP contribution in [0.2, 0.25) is 0 Å². The fraction of sp³-hybridized carbons (Fsp3) is 0.375. The molecule has 0 aliphatic rings. The summed E-state index contributed by atoms with van der Waals surface area (Å²) in [7, 11) is 0. The zero-order chi connectivity index (χ0) is 8.43. The van der Waals surface area contributed by atoms with Crippen LogP contribution in [0.1, 0.15) is 35.9 Å². The molecule has 0 bridgehead atoms. The van der Waals surface area contributed by atoms with E-state index in [-0.39, 0.29) is 5.69 Å². The second-order valence-electron chi connectivity index (χ2n) is 2.79. The van der Waals surface area contributed by atoms with Crippen molar-refractivity contribution >= 4 is 5.97 Å². The molecule has 1 aromatic rings. The van der Waals surface area contributed by atoms with E-state index in [1.165, 1.54) is 0 Å². The number of nitrogens with one attached hydrogen (secondary N) is 1. The maximum atomic E-state index is 10.4. The van der Waals surface area contributed by atoms with E-state index in [0.29, 0.717) is 5.92 Å². The molecule has 0 unspecified atom stereocenters. The fourth-order valence-electron chi connectivity index (χ4n) is 0.873. The summed E-state index contributed by atoms with van der Waals surface area (Å²) in [4.78, 5) is 13.2. The van der Waals surface area contributed by atoms with Gasteiger partial charge in [-0.3, -0.25) is 0 Å². The van der Waals surface area contributed by atoms with Gasteiger partial charge in [-0.2, -0.15) is 0 Å². The van der Waals surface area contributed by atoms with Crippen LogP contribution in [0.5, 0.6) is 0 Å². The third-order valence-corrected chi connectivity index (χ3v) is 1.56. The highest BCUT2D eigenvalue weighted by atomic mass is 16.4. The Hall–Kier alpha value is -1.25. The molecule has 1 aromatic heterocycles. The SMILES string of the molecule is CC(C)c1ccc(C(=O)O)[nH]1. The van der Waals surface area contributed by atoms with Crippen molar-refractivity contribution in [2.24, 2.45) is 0 Å². The summed E-state index contributed by atoms with van der Waals surface area (Å²) in [5.41, 5.74) is 1.22. The van der Waals surface area contributed by atoms with Gasteiger partial charge in [-0.15, -0.1) is 0 Å². The molecule has 2 N–H and O–H groups in total. The van der Waals surface area contributed by atoms with Crippen molar-refractivity contribution < 1.29 is 9.90 Å². The largest absolute Gasteiger partial charge is 0.477 e. The molecular formula is C8H11NO2. The highest BCUT2D eigenvalue weighted by Gasteiger charge is 2.06. The lowest BCUT2D eigenvalue weighted by Gasteiger charge is -1.98. The van der Waals surface area contributed by atoms with E-state index in [9.17, 15) is 4.79 Å². The van der Waals surface area contributed by atoms with Crippen LogP contribution in [-0.2, 0) is 0 Å². The molecular weight excluding hydrogens is 142 g/mol. The van der Waals surface area contributed by atoms with Crippen molar-refractivity contribution in [3.05, 3.63) is 23.5 Å². The molecule has 0 fully saturated rings. The Morgan fingerprint density at radius 3 is 2.45 bits per heavy atom. The van der Waals surface area contributed by atoms with Crippen LogP contribution >= 0.6 is 0 Å². The predicted molar refractivity (Wildman–Crippen MR) is 41.8 cm³/mol. The number of aromatic nitrogens is 1. The first-order valence-corrected chi connectivity index (χ1v) is 3.53. The molecule has 0 radical (unpaired) electrons. The van der Waals surface area contributed by atoms with E-state index in [2.05, 4.69) is 4.98 Å². The number of carboxylic acid groups (broad SMARTS) is 1. The minimum absolute atomic E-state index is 0.258. The zero-order valence-electron chi connectivity index (χ0n) is 6.59. The van der Waals surface area contributed by atoms with Crippen LogP contribution in [0.3, 0.4) is 0 Å². The second-order valence-corrected chi connectivity index (χ2v) is 2.79. The fourth-order valence-corrected chi connectivity index (χ4v) is 0.873. The third-order valence-electron chi connectivity index (χ3n) is 1.56. The first kappa shape index (κ1) is 7.85. The van der Waals surface area contributed by atoms with Crippen LogP contribution in [0.15, 0.2) is 12.1 Å². The molecule has 0 aromatic carbocycles. The normalized spacial score (nSPS) is 10.5. The second kappa shape index (κ2) is 2.78. The summed E-state index contributed by atoms with van der Waals surface area (Å²) in [5.74, 6) is -0.556.